The van der Waals surface area contributed by atoms with Gasteiger partial charge in [0.05, 0.1) is 12.6 Å². The molecule has 0 unspecified atom stereocenters. The van der Waals surface area contributed by atoms with Crippen molar-refractivity contribution in [2.75, 3.05) is 6.54 Å². The van der Waals surface area contributed by atoms with Gasteiger partial charge in [0.15, 0.2) is 0 Å². The molecule has 1 heterocycles. The van der Waals surface area contributed by atoms with Crippen LogP contribution in [0.15, 0.2) is 43.0 Å². The van der Waals surface area contributed by atoms with Crippen LogP contribution in [0.4, 0.5) is 0 Å². The Morgan fingerprint density at radius 2 is 2.17 bits per heavy atom. The lowest BCUT2D eigenvalue weighted by Crippen LogP contribution is -2.37. The fraction of sp³-hybridized carbons (Fsp3) is 0.471. The number of aryl methyl sites for hydroxylation is 1. The van der Waals surface area contributed by atoms with E-state index in [9.17, 15) is 9.90 Å². The number of rotatable bonds is 7. The van der Waals surface area contributed by atoms with Crippen molar-refractivity contribution >= 4 is 5.91 Å². The Kier molecular flexibility index (Phi) is 5.43. The topological polar surface area (TPSA) is 89.3 Å². The number of hydrogen-bond donors (Lipinski definition) is 2. The molecule has 0 spiro atoms. The Labute approximate surface area is 140 Å². The Bertz CT molecular complexity index is 633. The number of hydrogen-bond acceptors (Lipinski definition) is 5. The summed E-state index contributed by atoms with van der Waals surface area (Å²) in [5.74, 6) is 0.734. The summed E-state index contributed by atoms with van der Waals surface area (Å²) in [6, 6.07) is 9.50. The highest BCUT2D eigenvalue weighted by Crippen LogP contribution is 2.29. The molecule has 0 aliphatic heterocycles. The van der Waals surface area contributed by atoms with Gasteiger partial charge in [-0.25, -0.2) is 4.98 Å². The van der Waals surface area contributed by atoms with Crippen molar-refractivity contribution in [1.29, 1.82) is 0 Å². The maximum absolute atomic E-state index is 11.9. The van der Waals surface area contributed by atoms with Gasteiger partial charge < -0.3 is 15.2 Å². The fourth-order valence-electron chi connectivity index (χ4n) is 2.95. The predicted molar refractivity (Wildman–Crippen MR) is 87.2 cm³/mol. The summed E-state index contributed by atoms with van der Waals surface area (Å²) >= 11 is 0. The molecule has 1 aliphatic carbocycles. The van der Waals surface area contributed by atoms with Gasteiger partial charge in [-0.3, -0.25) is 9.48 Å². The molecular weight excluding hydrogens is 308 g/mol. The second-order valence-corrected chi connectivity index (χ2v) is 6.01. The van der Waals surface area contributed by atoms with Gasteiger partial charge in [-0.05, 0) is 25.0 Å². The molecule has 1 aliphatic rings. The molecule has 1 aromatic heterocycles. The first kappa shape index (κ1) is 16.4. The number of nitrogens with zero attached hydrogens (tertiary/aromatic N) is 3. The number of aromatic nitrogens is 3. The molecule has 1 fully saturated rings. The van der Waals surface area contributed by atoms with Crippen LogP contribution in [-0.4, -0.2) is 44.5 Å². The van der Waals surface area contributed by atoms with Crippen LogP contribution in [0.1, 0.15) is 19.3 Å². The Morgan fingerprint density at radius 1 is 1.33 bits per heavy atom. The molecule has 0 bridgehead atoms. The van der Waals surface area contributed by atoms with Gasteiger partial charge in [-0.1, -0.05) is 18.2 Å². The molecule has 0 radical (unpaired) electrons. The normalized spacial score (nSPS) is 23.1. The van der Waals surface area contributed by atoms with Gasteiger partial charge in [0.1, 0.15) is 24.5 Å². The van der Waals surface area contributed by atoms with Crippen LogP contribution >= 0.6 is 0 Å². The lowest BCUT2D eigenvalue weighted by Gasteiger charge is -2.21. The zero-order chi connectivity index (χ0) is 16.8. The summed E-state index contributed by atoms with van der Waals surface area (Å²) in [7, 11) is 0. The van der Waals surface area contributed by atoms with Crippen molar-refractivity contribution in [2.45, 2.75) is 38.0 Å². The third kappa shape index (κ3) is 4.32. The number of ether oxygens (including phenoxy) is 1. The highest BCUT2D eigenvalue weighted by molar-refractivity contribution is 5.75. The van der Waals surface area contributed by atoms with Gasteiger partial charge in [0.25, 0.3) is 0 Å². The molecule has 7 heteroatoms. The first-order valence-corrected chi connectivity index (χ1v) is 8.21. The van der Waals surface area contributed by atoms with E-state index in [2.05, 4.69) is 15.4 Å². The smallest absolute Gasteiger partial charge is 0.221 e. The van der Waals surface area contributed by atoms with Gasteiger partial charge in [0.2, 0.25) is 5.91 Å². The van der Waals surface area contributed by atoms with Crippen LogP contribution in [0.25, 0.3) is 0 Å². The number of aliphatic hydroxyl groups is 1. The van der Waals surface area contributed by atoms with Gasteiger partial charge in [-0.2, -0.15) is 5.10 Å². The molecule has 3 rings (SSSR count). The Hall–Kier alpha value is -2.41. The average molecular weight is 330 g/mol. The number of benzene rings is 1. The number of nitrogens with one attached hydrogen (secondary N) is 1. The lowest BCUT2D eigenvalue weighted by atomic mass is 10.1. The van der Waals surface area contributed by atoms with E-state index in [0.717, 1.165) is 18.6 Å². The fourth-order valence-corrected chi connectivity index (χ4v) is 2.95. The van der Waals surface area contributed by atoms with Crippen molar-refractivity contribution in [3.05, 3.63) is 43.0 Å². The number of amides is 1. The van der Waals surface area contributed by atoms with Gasteiger partial charge >= 0.3 is 0 Å². The number of aliphatic hydroxyl groups excluding tert-OH is 1. The summed E-state index contributed by atoms with van der Waals surface area (Å²) in [5, 5.41) is 17.2. The molecule has 3 atom stereocenters. The molecule has 1 amide bonds. The van der Waals surface area contributed by atoms with E-state index < -0.39 is 6.10 Å². The second-order valence-electron chi connectivity index (χ2n) is 6.01. The molecular formula is C17H22N4O3. The molecule has 1 aromatic carbocycles. The highest BCUT2D eigenvalue weighted by atomic mass is 16.5. The minimum atomic E-state index is -0.569. The van der Waals surface area contributed by atoms with E-state index in [1.807, 2.05) is 30.3 Å². The largest absolute Gasteiger partial charge is 0.488 e. The average Bonchev–Trinajstić information content (AvgIpc) is 3.23. The maximum atomic E-state index is 11.9. The van der Waals surface area contributed by atoms with Crippen LogP contribution in [0, 0.1) is 5.92 Å². The summed E-state index contributed by atoms with van der Waals surface area (Å²) in [4.78, 5) is 15.7. The van der Waals surface area contributed by atoms with Gasteiger partial charge in [-0.15, -0.1) is 0 Å². The molecule has 1 saturated carbocycles. The van der Waals surface area contributed by atoms with E-state index >= 15 is 0 Å². The van der Waals surface area contributed by atoms with Crippen molar-refractivity contribution in [2.24, 2.45) is 5.92 Å². The molecule has 2 N–H and O–H groups in total. The van der Waals surface area contributed by atoms with Crippen molar-refractivity contribution in [3.8, 4) is 5.75 Å². The first-order chi connectivity index (χ1) is 11.7. The number of carbonyl (C=O) groups is 1. The van der Waals surface area contributed by atoms with Crippen LogP contribution in [-0.2, 0) is 11.3 Å². The van der Waals surface area contributed by atoms with E-state index in [1.54, 1.807) is 11.0 Å². The van der Waals surface area contributed by atoms with Gasteiger partial charge in [0, 0.05) is 18.9 Å². The minimum Gasteiger partial charge on any atom is -0.488 e. The van der Waals surface area contributed by atoms with Crippen LogP contribution in [0.5, 0.6) is 5.75 Å². The molecule has 128 valence electrons. The third-order valence-electron chi connectivity index (χ3n) is 4.31. The number of carbonyl (C=O) groups excluding carboxylic acids is 1. The van der Waals surface area contributed by atoms with Crippen molar-refractivity contribution < 1.29 is 14.6 Å². The predicted octanol–water partition coefficient (Wildman–Crippen LogP) is 1.00. The molecule has 0 saturated heterocycles. The zero-order valence-corrected chi connectivity index (χ0v) is 13.4. The standard InChI is InChI=1S/C17H22N4O3/c22-16(8-9-21-12-18-11-20-21)19-10-13-6-7-15(17(13)23)24-14-4-2-1-3-5-14/h1-5,11-13,15,17,23H,6-10H2,(H,19,22)/t13-,15-,17-/m1/s1. The summed E-state index contributed by atoms with van der Waals surface area (Å²) < 4.78 is 7.46. The minimum absolute atomic E-state index is 0.0223. The van der Waals surface area contributed by atoms with Crippen molar-refractivity contribution in [1.82, 2.24) is 20.1 Å². The van der Waals surface area contributed by atoms with Crippen LogP contribution in [0.2, 0.25) is 0 Å². The summed E-state index contributed by atoms with van der Waals surface area (Å²) in [5.41, 5.74) is 0. The van der Waals surface area contributed by atoms with E-state index in [1.165, 1.54) is 6.33 Å². The quantitative estimate of drug-likeness (QED) is 0.791. The molecule has 7 nitrogen and oxygen atoms in total. The van der Waals surface area contributed by atoms with Crippen LogP contribution < -0.4 is 10.1 Å². The Balaban J connectivity index is 1.40. The van der Waals surface area contributed by atoms with E-state index in [4.69, 9.17) is 4.74 Å². The summed E-state index contributed by atoms with van der Waals surface area (Å²) in [6.07, 6.45) is 4.21. The highest BCUT2D eigenvalue weighted by Gasteiger charge is 2.36. The molecule has 2 aromatic rings. The third-order valence-corrected chi connectivity index (χ3v) is 4.31. The first-order valence-electron chi connectivity index (χ1n) is 8.21. The van der Waals surface area contributed by atoms with E-state index in [-0.39, 0.29) is 17.9 Å². The van der Waals surface area contributed by atoms with Crippen molar-refractivity contribution in [3.63, 3.8) is 0 Å². The van der Waals surface area contributed by atoms with Crippen LogP contribution in [0.3, 0.4) is 0 Å². The van der Waals surface area contributed by atoms with E-state index in [0.29, 0.717) is 19.5 Å². The maximum Gasteiger partial charge on any atom is 0.221 e. The Morgan fingerprint density at radius 3 is 2.92 bits per heavy atom. The monoisotopic (exact) mass is 330 g/mol. The second kappa shape index (κ2) is 7.92. The summed E-state index contributed by atoms with van der Waals surface area (Å²) in [6.45, 7) is 0.963. The number of para-hydroxylation sites is 1. The molecule has 24 heavy (non-hydrogen) atoms. The lowest BCUT2D eigenvalue weighted by molar-refractivity contribution is -0.121. The zero-order valence-electron chi connectivity index (χ0n) is 13.4. The SMILES string of the molecule is O=C(CCn1cncn1)NC[C@H]1CC[C@@H](Oc2ccccc2)[C@@H]1O.